The van der Waals surface area contributed by atoms with E-state index in [-0.39, 0.29) is 36.2 Å². The molecule has 3 amide bonds. The van der Waals surface area contributed by atoms with Crippen molar-refractivity contribution in [2.24, 2.45) is 0 Å². The van der Waals surface area contributed by atoms with Crippen molar-refractivity contribution in [2.45, 2.75) is 107 Å². The Bertz CT molecular complexity index is 1120. The zero-order chi connectivity index (χ0) is 31.8. The summed E-state index contributed by atoms with van der Waals surface area (Å²) >= 11 is 0. The van der Waals surface area contributed by atoms with Gasteiger partial charge in [0.15, 0.2) is 0 Å². The second-order valence-corrected chi connectivity index (χ2v) is 12.6. The fourth-order valence-corrected chi connectivity index (χ4v) is 6.70. The van der Waals surface area contributed by atoms with Crippen molar-refractivity contribution in [3.63, 3.8) is 0 Å². The molecule has 2 aliphatic heterocycles. The lowest BCUT2D eigenvalue weighted by molar-refractivity contribution is -0.163. The molecule has 0 bridgehead atoms. The molecule has 9 nitrogen and oxygen atoms in total. The number of ether oxygens (including phenoxy) is 1. The molecule has 1 aromatic carbocycles. The number of alkyl halides is 3. The highest BCUT2D eigenvalue weighted by Gasteiger charge is 2.54. The van der Waals surface area contributed by atoms with Crippen LogP contribution >= 0.6 is 12.4 Å². The summed E-state index contributed by atoms with van der Waals surface area (Å²) in [6.45, 7) is 3.94. The van der Waals surface area contributed by atoms with E-state index in [1.807, 2.05) is 10.2 Å². The maximum Gasteiger partial charge on any atom is 0.405 e. The number of benzene rings is 1. The van der Waals surface area contributed by atoms with Crippen LogP contribution in [0, 0.1) is 0 Å². The Morgan fingerprint density at radius 2 is 1.69 bits per heavy atom. The van der Waals surface area contributed by atoms with E-state index in [9.17, 15) is 32.7 Å². The summed E-state index contributed by atoms with van der Waals surface area (Å²) in [4.78, 5) is 43.4. The highest BCUT2D eigenvalue weighted by atomic mass is 35.5. The number of hydrogen-bond acceptors (Lipinski definition) is 6. The highest BCUT2D eigenvalue weighted by molar-refractivity contribution is 6.00. The molecule has 1 saturated carbocycles. The van der Waals surface area contributed by atoms with Crippen molar-refractivity contribution in [3.8, 4) is 5.75 Å². The Kier molecular flexibility index (Phi) is 13.4. The van der Waals surface area contributed by atoms with Crippen molar-refractivity contribution in [2.75, 3.05) is 39.3 Å². The zero-order valence-electron chi connectivity index (χ0n) is 26.1. The van der Waals surface area contributed by atoms with Gasteiger partial charge in [0.05, 0.1) is 12.2 Å². The van der Waals surface area contributed by atoms with Gasteiger partial charge in [0.2, 0.25) is 11.8 Å². The van der Waals surface area contributed by atoms with Crippen molar-refractivity contribution in [3.05, 3.63) is 29.8 Å². The van der Waals surface area contributed by atoms with Gasteiger partial charge in [-0.2, -0.15) is 13.2 Å². The standard InChI is InChI=1S/C32H47F3N4O5.ClH/c1-2-3-18-39-28(41)26(22-30(43)13-5-4-6-14-30)37-29(42)31(39)15-19-38(20-16-31)17-7-8-21-44-25-11-9-24(10-12-25)27(40)36-23-32(33,34)35;/h9-12,26,43H,2-8,13-23H2,1H3,(H,36,40)(H,37,42);1H/t26-;/m1./s1. The third-order valence-corrected chi connectivity index (χ3v) is 9.30. The Morgan fingerprint density at radius 3 is 2.31 bits per heavy atom. The zero-order valence-corrected chi connectivity index (χ0v) is 26.9. The van der Waals surface area contributed by atoms with Gasteiger partial charge in [-0.3, -0.25) is 14.4 Å². The average molecular weight is 661 g/mol. The van der Waals surface area contributed by atoms with Crippen molar-refractivity contribution in [1.29, 1.82) is 0 Å². The number of nitrogens with zero attached hydrogens (tertiary/aromatic N) is 2. The number of hydrogen-bond donors (Lipinski definition) is 3. The first kappa shape index (κ1) is 36.9. The van der Waals surface area contributed by atoms with E-state index >= 15 is 0 Å². The predicted octanol–water partition coefficient (Wildman–Crippen LogP) is 4.61. The average Bonchev–Trinajstić information content (AvgIpc) is 2.99. The Labute approximate surface area is 270 Å². The summed E-state index contributed by atoms with van der Waals surface area (Å²) in [6, 6.07) is 5.32. The number of nitrogens with one attached hydrogen (secondary N) is 2. The first-order chi connectivity index (χ1) is 20.9. The van der Waals surface area contributed by atoms with Crippen LogP contribution in [-0.2, 0) is 9.59 Å². The largest absolute Gasteiger partial charge is 0.494 e. The summed E-state index contributed by atoms with van der Waals surface area (Å²) in [6.07, 6.45) is 4.70. The number of likely N-dealkylation sites (tertiary alicyclic amines) is 1. The highest BCUT2D eigenvalue weighted by Crippen LogP contribution is 2.37. The quantitative estimate of drug-likeness (QED) is 0.267. The van der Waals surface area contributed by atoms with Crippen LogP contribution in [0.1, 0.15) is 94.3 Å². The molecule has 1 aliphatic carbocycles. The Balaban J connectivity index is 0.00000552. The number of aliphatic hydroxyl groups is 1. The summed E-state index contributed by atoms with van der Waals surface area (Å²) < 4.78 is 42.6. The maximum atomic E-state index is 13.7. The predicted molar refractivity (Wildman–Crippen MR) is 166 cm³/mol. The van der Waals surface area contributed by atoms with Crippen LogP contribution in [-0.4, -0.2) is 95.3 Å². The molecule has 1 spiro atoms. The van der Waals surface area contributed by atoms with Crippen LogP contribution in [0.5, 0.6) is 5.75 Å². The van der Waals surface area contributed by atoms with Crippen LogP contribution in [0.15, 0.2) is 24.3 Å². The molecular weight excluding hydrogens is 613 g/mol. The lowest BCUT2D eigenvalue weighted by Gasteiger charge is -2.52. The molecule has 13 heteroatoms. The topological polar surface area (TPSA) is 111 Å². The number of rotatable bonds is 13. The summed E-state index contributed by atoms with van der Waals surface area (Å²) in [5.74, 6) is -0.406. The van der Waals surface area contributed by atoms with Gasteiger partial charge in [-0.1, -0.05) is 32.6 Å². The monoisotopic (exact) mass is 660 g/mol. The molecule has 3 aliphatic rings. The molecule has 1 aromatic rings. The minimum Gasteiger partial charge on any atom is -0.494 e. The molecule has 45 heavy (non-hydrogen) atoms. The van der Waals surface area contributed by atoms with Gasteiger partial charge >= 0.3 is 6.18 Å². The molecule has 0 radical (unpaired) electrons. The van der Waals surface area contributed by atoms with E-state index in [1.54, 1.807) is 12.1 Å². The normalized spacial score (nSPS) is 21.6. The maximum absolute atomic E-state index is 13.7. The molecule has 2 heterocycles. The van der Waals surface area contributed by atoms with Crippen LogP contribution in [0.2, 0.25) is 0 Å². The summed E-state index contributed by atoms with van der Waals surface area (Å²) in [5.41, 5.74) is -1.60. The molecule has 0 aromatic heterocycles. The van der Waals surface area contributed by atoms with Crippen molar-refractivity contribution >= 4 is 30.1 Å². The van der Waals surface area contributed by atoms with Gasteiger partial charge in [-0.15, -0.1) is 12.4 Å². The molecule has 2 saturated heterocycles. The summed E-state index contributed by atoms with van der Waals surface area (Å²) in [7, 11) is 0. The molecule has 4 rings (SSSR count). The third-order valence-electron chi connectivity index (χ3n) is 9.30. The summed E-state index contributed by atoms with van der Waals surface area (Å²) in [5, 5.41) is 16.0. The Morgan fingerprint density at radius 1 is 1.02 bits per heavy atom. The molecule has 3 fully saturated rings. The van der Waals surface area contributed by atoms with Crippen LogP contribution in [0.4, 0.5) is 13.2 Å². The van der Waals surface area contributed by atoms with E-state index in [4.69, 9.17) is 4.74 Å². The van der Waals surface area contributed by atoms with Gasteiger partial charge in [0.25, 0.3) is 5.91 Å². The van der Waals surface area contributed by atoms with Gasteiger partial charge in [0.1, 0.15) is 23.9 Å². The van der Waals surface area contributed by atoms with Gasteiger partial charge in [-0.05, 0) is 75.8 Å². The number of piperidine rings is 1. The van der Waals surface area contributed by atoms with E-state index in [0.717, 1.165) is 51.5 Å². The number of amides is 3. The SMILES string of the molecule is CCCCN1C(=O)[C@@H](CC2(O)CCCCC2)NC(=O)C12CCN(CCCCOc1ccc(C(=O)NCC(F)(F)F)cc1)CC2.Cl. The minimum atomic E-state index is -4.46. The van der Waals surface area contributed by atoms with Gasteiger partial charge < -0.3 is 30.3 Å². The van der Waals surface area contributed by atoms with E-state index in [2.05, 4.69) is 17.1 Å². The number of unbranched alkanes of at least 4 members (excludes halogenated alkanes) is 2. The first-order valence-electron chi connectivity index (χ1n) is 16.1. The molecular formula is C32H48ClF3N4O5. The third kappa shape index (κ3) is 9.96. The first-order valence-corrected chi connectivity index (χ1v) is 16.1. The van der Waals surface area contributed by atoms with E-state index in [0.29, 0.717) is 57.7 Å². The second-order valence-electron chi connectivity index (χ2n) is 12.6. The number of carbonyl (C=O) groups is 3. The fourth-order valence-electron chi connectivity index (χ4n) is 6.70. The number of piperazine rings is 1. The lowest BCUT2D eigenvalue weighted by Crippen LogP contribution is -2.73. The number of halogens is 4. The van der Waals surface area contributed by atoms with Gasteiger partial charge in [-0.25, -0.2) is 0 Å². The van der Waals surface area contributed by atoms with Crippen molar-refractivity contribution < 1.29 is 37.4 Å². The number of carbonyl (C=O) groups excluding carboxylic acids is 3. The Hall–Kier alpha value is -2.57. The molecule has 0 unspecified atom stereocenters. The van der Waals surface area contributed by atoms with E-state index < -0.39 is 35.8 Å². The van der Waals surface area contributed by atoms with Crippen LogP contribution in [0.25, 0.3) is 0 Å². The molecule has 3 N–H and O–H groups in total. The van der Waals surface area contributed by atoms with Crippen LogP contribution in [0.3, 0.4) is 0 Å². The smallest absolute Gasteiger partial charge is 0.405 e. The molecule has 1 atom stereocenters. The minimum absolute atomic E-state index is 0. The lowest BCUT2D eigenvalue weighted by atomic mass is 9.77. The van der Waals surface area contributed by atoms with Crippen LogP contribution < -0.4 is 15.4 Å². The van der Waals surface area contributed by atoms with Crippen molar-refractivity contribution in [1.82, 2.24) is 20.4 Å². The van der Waals surface area contributed by atoms with Gasteiger partial charge in [0, 0.05) is 31.6 Å². The second kappa shape index (κ2) is 16.3. The fraction of sp³-hybridized carbons (Fsp3) is 0.719. The molecule has 254 valence electrons. The van der Waals surface area contributed by atoms with E-state index in [1.165, 1.54) is 12.1 Å².